The Morgan fingerprint density at radius 3 is 2.76 bits per heavy atom. The van der Waals surface area contributed by atoms with Crippen LogP contribution in [-0.2, 0) is 18.4 Å². The molecular weight excluding hydrogens is 427 g/mol. The summed E-state index contributed by atoms with van der Waals surface area (Å²) in [6, 6.07) is 13.6. The maximum absolute atomic E-state index is 12.1. The molecule has 0 fully saturated rings. The van der Waals surface area contributed by atoms with Crippen LogP contribution in [0.15, 0.2) is 47.6 Å². The summed E-state index contributed by atoms with van der Waals surface area (Å²) < 4.78 is 2.02. The molecule has 1 N–H and O–H groups in total. The number of para-hydroxylation sites is 2. The van der Waals surface area contributed by atoms with Gasteiger partial charge in [-0.15, -0.1) is 0 Å². The van der Waals surface area contributed by atoms with Crippen LogP contribution in [0.1, 0.15) is 12.0 Å². The molecule has 1 heterocycles. The number of benzene rings is 2. The van der Waals surface area contributed by atoms with Crippen molar-refractivity contribution >= 4 is 51.9 Å². The molecule has 0 radical (unpaired) electrons. The highest BCUT2D eigenvalue weighted by molar-refractivity contribution is 7.99. The van der Waals surface area contributed by atoms with Crippen LogP contribution >= 0.6 is 35.0 Å². The van der Waals surface area contributed by atoms with Crippen molar-refractivity contribution in [2.75, 3.05) is 25.9 Å². The molecule has 29 heavy (non-hydrogen) atoms. The van der Waals surface area contributed by atoms with E-state index in [9.17, 15) is 4.79 Å². The van der Waals surface area contributed by atoms with E-state index in [0.29, 0.717) is 22.3 Å². The van der Waals surface area contributed by atoms with E-state index in [1.54, 1.807) is 0 Å². The number of aromatic nitrogens is 2. The second-order valence-corrected chi connectivity index (χ2v) is 8.68. The number of halogens is 2. The Labute approximate surface area is 185 Å². The minimum absolute atomic E-state index is 0.0224. The van der Waals surface area contributed by atoms with Gasteiger partial charge in [-0.1, -0.05) is 53.2 Å². The molecule has 0 aliphatic heterocycles. The van der Waals surface area contributed by atoms with Crippen LogP contribution in [0.3, 0.4) is 0 Å². The van der Waals surface area contributed by atoms with Crippen LogP contribution in [0.5, 0.6) is 0 Å². The Morgan fingerprint density at radius 2 is 2.00 bits per heavy atom. The Bertz CT molecular complexity index is 992. The molecule has 0 saturated carbocycles. The van der Waals surface area contributed by atoms with Crippen molar-refractivity contribution in [2.24, 2.45) is 7.05 Å². The molecule has 154 valence electrons. The number of carbonyl (C=O) groups is 1. The molecule has 0 aliphatic rings. The SMILES string of the molecule is CN(CCCNC(=O)CSc1nc2ccccc2n1C)Cc1ccc(Cl)c(Cl)c1. The van der Waals surface area contributed by atoms with Gasteiger partial charge in [-0.3, -0.25) is 4.79 Å². The van der Waals surface area contributed by atoms with Gasteiger partial charge in [-0.25, -0.2) is 4.98 Å². The van der Waals surface area contributed by atoms with E-state index in [0.717, 1.165) is 41.3 Å². The summed E-state index contributed by atoms with van der Waals surface area (Å²) in [7, 11) is 4.02. The highest BCUT2D eigenvalue weighted by Gasteiger charge is 2.10. The van der Waals surface area contributed by atoms with E-state index in [2.05, 4.69) is 15.2 Å². The first-order valence-corrected chi connectivity index (χ1v) is 11.1. The zero-order valence-corrected chi connectivity index (χ0v) is 18.8. The monoisotopic (exact) mass is 450 g/mol. The third-order valence-electron chi connectivity index (χ3n) is 4.55. The molecule has 8 heteroatoms. The average Bonchev–Trinajstić information content (AvgIpc) is 3.02. The summed E-state index contributed by atoms with van der Waals surface area (Å²) in [6.45, 7) is 2.31. The molecule has 0 atom stereocenters. The highest BCUT2D eigenvalue weighted by Crippen LogP contribution is 2.23. The fraction of sp³-hybridized carbons (Fsp3) is 0.333. The third kappa shape index (κ3) is 6.12. The van der Waals surface area contributed by atoms with Crippen molar-refractivity contribution in [3.8, 4) is 0 Å². The number of fused-ring (bicyclic) bond motifs is 1. The number of rotatable bonds is 9. The van der Waals surface area contributed by atoms with Gasteiger partial charge in [0.1, 0.15) is 0 Å². The van der Waals surface area contributed by atoms with E-state index in [4.69, 9.17) is 23.2 Å². The minimum atomic E-state index is 0.0224. The van der Waals surface area contributed by atoms with Crippen LogP contribution < -0.4 is 5.32 Å². The van der Waals surface area contributed by atoms with E-state index < -0.39 is 0 Å². The number of hydrogen-bond donors (Lipinski definition) is 1. The summed E-state index contributed by atoms with van der Waals surface area (Å²) in [5.41, 5.74) is 3.13. The van der Waals surface area contributed by atoms with Crippen LogP contribution in [-0.4, -0.2) is 46.2 Å². The summed E-state index contributed by atoms with van der Waals surface area (Å²) in [5.74, 6) is 0.380. The lowest BCUT2D eigenvalue weighted by molar-refractivity contribution is -0.118. The molecule has 0 aliphatic carbocycles. The number of hydrogen-bond acceptors (Lipinski definition) is 4. The second-order valence-electron chi connectivity index (χ2n) is 6.92. The third-order valence-corrected chi connectivity index (χ3v) is 6.32. The number of aryl methyl sites for hydroxylation is 1. The molecule has 1 aromatic heterocycles. The van der Waals surface area contributed by atoms with Crippen molar-refractivity contribution in [3.05, 3.63) is 58.1 Å². The van der Waals surface area contributed by atoms with Gasteiger partial charge in [-0.05, 0) is 49.8 Å². The Kier molecular flexibility index (Phi) is 7.84. The molecule has 0 saturated heterocycles. The van der Waals surface area contributed by atoms with E-state index in [-0.39, 0.29) is 5.91 Å². The Balaban J connectivity index is 1.36. The Morgan fingerprint density at radius 1 is 1.21 bits per heavy atom. The lowest BCUT2D eigenvalue weighted by atomic mass is 10.2. The number of nitrogens with one attached hydrogen (secondary N) is 1. The van der Waals surface area contributed by atoms with E-state index in [1.807, 2.05) is 61.1 Å². The van der Waals surface area contributed by atoms with Gasteiger partial charge in [-0.2, -0.15) is 0 Å². The largest absolute Gasteiger partial charge is 0.355 e. The molecule has 1 amide bonds. The second kappa shape index (κ2) is 10.3. The van der Waals surface area contributed by atoms with Crippen molar-refractivity contribution < 1.29 is 4.79 Å². The van der Waals surface area contributed by atoms with Crippen molar-refractivity contribution in [1.82, 2.24) is 19.8 Å². The first kappa shape index (κ1) is 22.0. The highest BCUT2D eigenvalue weighted by atomic mass is 35.5. The quantitative estimate of drug-likeness (QED) is 0.381. The van der Waals surface area contributed by atoms with E-state index >= 15 is 0 Å². The number of amides is 1. The van der Waals surface area contributed by atoms with Gasteiger partial charge >= 0.3 is 0 Å². The van der Waals surface area contributed by atoms with Crippen molar-refractivity contribution in [3.63, 3.8) is 0 Å². The molecule has 2 aromatic carbocycles. The van der Waals surface area contributed by atoms with Gasteiger partial charge in [0.25, 0.3) is 0 Å². The van der Waals surface area contributed by atoms with Gasteiger partial charge < -0.3 is 14.8 Å². The summed E-state index contributed by atoms with van der Waals surface area (Å²) in [6.07, 6.45) is 0.876. The molecule has 0 unspecified atom stereocenters. The predicted octanol–water partition coefficient (Wildman–Crippen LogP) is 4.61. The van der Waals surface area contributed by atoms with Crippen molar-refractivity contribution in [2.45, 2.75) is 18.1 Å². The predicted molar refractivity (Wildman–Crippen MR) is 122 cm³/mol. The fourth-order valence-electron chi connectivity index (χ4n) is 3.04. The topological polar surface area (TPSA) is 50.2 Å². The molecule has 3 aromatic rings. The number of thioether (sulfide) groups is 1. The maximum atomic E-state index is 12.1. The lowest BCUT2D eigenvalue weighted by Crippen LogP contribution is -2.29. The van der Waals surface area contributed by atoms with Gasteiger partial charge in [0.15, 0.2) is 5.16 Å². The first-order valence-electron chi connectivity index (χ1n) is 9.37. The Hall–Kier alpha value is -1.73. The maximum Gasteiger partial charge on any atom is 0.230 e. The fourth-order valence-corrected chi connectivity index (χ4v) is 4.18. The van der Waals surface area contributed by atoms with Crippen molar-refractivity contribution in [1.29, 1.82) is 0 Å². The molecule has 5 nitrogen and oxygen atoms in total. The molecule has 0 bridgehead atoms. The van der Waals surface area contributed by atoms with E-state index in [1.165, 1.54) is 11.8 Å². The van der Waals surface area contributed by atoms with Gasteiger partial charge in [0, 0.05) is 20.1 Å². The lowest BCUT2D eigenvalue weighted by Gasteiger charge is -2.17. The van der Waals surface area contributed by atoms with Crippen LogP contribution in [0.4, 0.5) is 0 Å². The molecular formula is C21H24Cl2N4OS. The van der Waals surface area contributed by atoms with Crippen LogP contribution in [0.25, 0.3) is 11.0 Å². The molecule has 3 rings (SSSR count). The van der Waals surface area contributed by atoms with Gasteiger partial charge in [0.2, 0.25) is 5.91 Å². The summed E-state index contributed by atoms with van der Waals surface area (Å²) >= 11 is 13.5. The number of imidazole rings is 1. The zero-order chi connectivity index (χ0) is 20.8. The summed E-state index contributed by atoms with van der Waals surface area (Å²) in [4.78, 5) is 18.9. The minimum Gasteiger partial charge on any atom is -0.355 e. The summed E-state index contributed by atoms with van der Waals surface area (Å²) in [5, 5.41) is 4.97. The number of nitrogens with zero attached hydrogens (tertiary/aromatic N) is 3. The zero-order valence-electron chi connectivity index (χ0n) is 16.5. The van der Waals surface area contributed by atoms with Crippen LogP contribution in [0.2, 0.25) is 10.0 Å². The standard InChI is InChI=1S/C21H24Cl2N4OS/c1-26(13-15-8-9-16(22)17(23)12-15)11-5-10-24-20(28)14-29-21-25-18-6-3-4-7-19(18)27(21)2/h3-4,6-9,12H,5,10-11,13-14H2,1-2H3,(H,24,28). The van der Waals surface area contributed by atoms with Crippen LogP contribution in [0, 0.1) is 0 Å². The smallest absolute Gasteiger partial charge is 0.230 e. The number of carbonyl (C=O) groups excluding carboxylic acids is 1. The normalized spacial score (nSPS) is 11.3. The van der Waals surface area contributed by atoms with Gasteiger partial charge in [0.05, 0.1) is 26.8 Å². The first-order chi connectivity index (χ1) is 13.9. The average molecular weight is 451 g/mol. The molecule has 0 spiro atoms.